The van der Waals surface area contributed by atoms with Crippen molar-refractivity contribution in [2.24, 2.45) is 0 Å². The summed E-state index contributed by atoms with van der Waals surface area (Å²) in [6, 6.07) is 7.67. The fourth-order valence-electron chi connectivity index (χ4n) is 3.67. The molecule has 12 heteroatoms. The van der Waals surface area contributed by atoms with E-state index in [1.807, 2.05) is 0 Å². The van der Waals surface area contributed by atoms with Crippen LogP contribution in [0.5, 0.6) is 0 Å². The predicted molar refractivity (Wildman–Crippen MR) is 113 cm³/mol. The summed E-state index contributed by atoms with van der Waals surface area (Å²) >= 11 is 0. The van der Waals surface area contributed by atoms with E-state index in [0.717, 1.165) is 12.1 Å². The van der Waals surface area contributed by atoms with Gasteiger partial charge >= 0.3 is 6.18 Å². The second-order valence-electron chi connectivity index (χ2n) is 7.74. The van der Waals surface area contributed by atoms with E-state index >= 15 is 0 Å². The van der Waals surface area contributed by atoms with Gasteiger partial charge in [0.15, 0.2) is 11.5 Å². The Balaban J connectivity index is 1.48. The van der Waals surface area contributed by atoms with Crippen LogP contribution in [-0.2, 0) is 24.1 Å². The van der Waals surface area contributed by atoms with E-state index in [1.165, 1.54) is 33.8 Å². The largest absolute Gasteiger partial charge is 0.416 e. The zero-order chi connectivity index (χ0) is 24.6. The Bertz CT molecular complexity index is 1360. The number of hydrogen-bond acceptors (Lipinski definition) is 4. The number of aromatic nitrogens is 5. The van der Waals surface area contributed by atoms with Crippen LogP contribution in [0, 0.1) is 13.8 Å². The molecule has 34 heavy (non-hydrogen) atoms. The van der Waals surface area contributed by atoms with Gasteiger partial charge in [0.2, 0.25) is 5.91 Å². The molecule has 0 aliphatic heterocycles. The molecule has 0 saturated heterocycles. The smallest absolute Gasteiger partial charge is 0.308 e. The van der Waals surface area contributed by atoms with Crippen LogP contribution in [0.4, 0.5) is 27.8 Å². The van der Waals surface area contributed by atoms with Gasteiger partial charge in [0, 0.05) is 23.5 Å². The lowest BCUT2D eigenvalue weighted by molar-refractivity contribution is -0.137. The molecule has 0 aliphatic rings. The molecule has 0 saturated carbocycles. The highest BCUT2D eigenvalue weighted by Crippen LogP contribution is 2.31. The summed E-state index contributed by atoms with van der Waals surface area (Å²) < 4.78 is 68.2. The van der Waals surface area contributed by atoms with Crippen LogP contribution in [0.1, 0.15) is 34.5 Å². The summed E-state index contributed by atoms with van der Waals surface area (Å²) in [5.74, 6) is -0.335. The monoisotopic (exact) mass is 478 g/mol. The number of benzene rings is 1. The van der Waals surface area contributed by atoms with Crippen LogP contribution in [0.25, 0.3) is 11.0 Å². The summed E-state index contributed by atoms with van der Waals surface area (Å²) in [6.07, 6.45) is -5.64. The zero-order valence-corrected chi connectivity index (χ0v) is 18.1. The first-order chi connectivity index (χ1) is 16.0. The molecule has 0 atom stereocenters. The molecule has 4 rings (SSSR count). The van der Waals surface area contributed by atoms with E-state index in [4.69, 9.17) is 0 Å². The lowest BCUT2D eigenvalue weighted by Gasteiger charge is -2.09. The minimum Gasteiger partial charge on any atom is -0.308 e. The number of fused-ring (bicyclic) bond motifs is 1. The van der Waals surface area contributed by atoms with Gasteiger partial charge in [-0.25, -0.2) is 18.4 Å². The number of carbonyl (C=O) groups excluding carboxylic acids is 1. The molecule has 1 amide bonds. The first kappa shape index (κ1) is 23.3. The van der Waals surface area contributed by atoms with Crippen molar-refractivity contribution in [3.05, 3.63) is 70.7 Å². The number of aryl methyl sites for hydroxylation is 2. The molecule has 0 radical (unpaired) electrons. The minimum atomic E-state index is -4.45. The summed E-state index contributed by atoms with van der Waals surface area (Å²) in [7, 11) is 0. The number of carbonyl (C=O) groups is 1. The number of anilines is 1. The van der Waals surface area contributed by atoms with Gasteiger partial charge in [0.25, 0.3) is 6.43 Å². The van der Waals surface area contributed by atoms with Gasteiger partial charge in [-0.2, -0.15) is 23.4 Å². The number of halogens is 5. The van der Waals surface area contributed by atoms with Gasteiger partial charge in [0.1, 0.15) is 6.54 Å². The van der Waals surface area contributed by atoms with E-state index in [9.17, 15) is 26.7 Å². The number of rotatable bonds is 6. The predicted octanol–water partition coefficient (Wildman–Crippen LogP) is 4.89. The van der Waals surface area contributed by atoms with Gasteiger partial charge in [-0.1, -0.05) is 12.1 Å². The standard InChI is InChI=1S/C22H19F5N6O/c1-12-8-16(20(23)24)19-13(2)30-33(21(19)28-12)11-18(34)29-17-6-7-32(31-17)10-14-4-3-5-15(9-14)22(25,26)27/h3-9,20H,10-11H2,1-2H3,(H,29,31,34). The van der Waals surface area contributed by atoms with Crippen LogP contribution >= 0.6 is 0 Å². The molecular formula is C22H19F5N6O. The third-order valence-corrected chi connectivity index (χ3v) is 5.07. The lowest BCUT2D eigenvalue weighted by atomic mass is 10.1. The number of alkyl halides is 5. The molecular weight excluding hydrogens is 459 g/mol. The number of amides is 1. The number of pyridine rings is 1. The van der Waals surface area contributed by atoms with Crippen molar-refractivity contribution in [1.82, 2.24) is 24.5 Å². The second kappa shape index (κ2) is 8.84. The molecule has 7 nitrogen and oxygen atoms in total. The molecule has 1 aromatic carbocycles. The average molecular weight is 478 g/mol. The van der Waals surface area contributed by atoms with Crippen molar-refractivity contribution in [3.63, 3.8) is 0 Å². The van der Waals surface area contributed by atoms with Gasteiger partial charge in [-0.3, -0.25) is 9.48 Å². The van der Waals surface area contributed by atoms with Crippen LogP contribution in [0.15, 0.2) is 42.6 Å². The van der Waals surface area contributed by atoms with E-state index in [-0.39, 0.29) is 35.5 Å². The molecule has 0 spiro atoms. The maximum Gasteiger partial charge on any atom is 0.416 e. The van der Waals surface area contributed by atoms with Gasteiger partial charge < -0.3 is 5.32 Å². The third kappa shape index (κ3) is 4.90. The quantitative estimate of drug-likeness (QED) is 0.401. The SMILES string of the molecule is Cc1cc(C(F)F)c2c(C)nn(CC(=O)Nc3ccn(Cc4cccc(C(F)(F)F)c4)n3)c2n1. The molecule has 3 heterocycles. The molecule has 3 aromatic heterocycles. The summed E-state index contributed by atoms with van der Waals surface area (Å²) in [5.41, 5.74) is 0.323. The Hall–Kier alpha value is -3.83. The highest BCUT2D eigenvalue weighted by molar-refractivity contribution is 5.91. The van der Waals surface area contributed by atoms with E-state index < -0.39 is 24.1 Å². The fourth-order valence-corrected chi connectivity index (χ4v) is 3.67. The van der Waals surface area contributed by atoms with E-state index in [0.29, 0.717) is 17.0 Å². The van der Waals surface area contributed by atoms with Crippen molar-refractivity contribution in [2.45, 2.75) is 39.5 Å². The Kier molecular flexibility index (Phi) is 6.07. The summed E-state index contributed by atoms with van der Waals surface area (Å²) in [4.78, 5) is 16.8. The normalized spacial score (nSPS) is 12.0. The highest BCUT2D eigenvalue weighted by Gasteiger charge is 2.30. The summed E-state index contributed by atoms with van der Waals surface area (Å²) in [5, 5.41) is 11.1. The number of nitrogens with zero attached hydrogens (tertiary/aromatic N) is 5. The Morgan fingerprint density at radius 2 is 1.88 bits per heavy atom. The van der Waals surface area contributed by atoms with Gasteiger partial charge in [-0.15, -0.1) is 0 Å². The maximum atomic E-state index is 13.4. The molecule has 4 aromatic rings. The molecule has 0 aliphatic carbocycles. The topological polar surface area (TPSA) is 77.6 Å². The summed E-state index contributed by atoms with van der Waals surface area (Å²) in [6.45, 7) is 2.93. The fraction of sp³-hybridized carbons (Fsp3) is 0.273. The Morgan fingerprint density at radius 3 is 2.59 bits per heavy atom. The molecule has 178 valence electrons. The number of nitrogens with one attached hydrogen (secondary N) is 1. The lowest BCUT2D eigenvalue weighted by Crippen LogP contribution is -2.20. The average Bonchev–Trinajstić information content (AvgIpc) is 3.30. The van der Waals surface area contributed by atoms with Crippen LogP contribution < -0.4 is 5.32 Å². The Labute approximate surface area is 190 Å². The first-order valence-corrected chi connectivity index (χ1v) is 10.1. The maximum absolute atomic E-state index is 13.4. The molecule has 0 fully saturated rings. The zero-order valence-electron chi connectivity index (χ0n) is 18.1. The van der Waals surface area contributed by atoms with Crippen LogP contribution in [0.3, 0.4) is 0 Å². The van der Waals surface area contributed by atoms with Crippen molar-refractivity contribution < 1.29 is 26.7 Å². The molecule has 0 bridgehead atoms. The van der Waals surface area contributed by atoms with Crippen molar-refractivity contribution in [1.29, 1.82) is 0 Å². The van der Waals surface area contributed by atoms with Gasteiger partial charge in [0.05, 0.1) is 23.2 Å². The van der Waals surface area contributed by atoms with Crippen LogP contribution in [0.2, 0.25) is 0 Å². The van der Waals surface area contributed by atoms with E-state index in [1.54, 1.807) is 19.9 Å². The van der Waals surface area contributed by atoms with Crippen LogP contribution in [-0.4, -0.2) is 30.5 Å². The molecule has 0 unspecified atom stereocenters. The van der Waals surface area contributed by atoms with E-state index in [2.05, 4.69) is 20.5 Å². The van der Waals surface area contributed by atoms with Crippen molar-refractivity contribution >= 4 is 22.8 Å². The molecule has 1 N–H and O–H groups in total. The number of hydrogen-bond donors (Lipinski definition) is 1. The van der Waals surface area contributed by atoms with Gasteiger partial charge in [-0.05, 0) is 37.6 Å². The first-order valence-electron chi connectivity index (χ1n) is 10.1. The second-order valence-corrected chi connectivity index (χ2v) is 7.74. The Morgan fingerprint density at radius 1 is 1.12 bits per heavy atom. The van der Waals surface area contributed by atoms with Crippen molar-refractivity contribution in [3.8, 4) is 0 Å². The highest BCUT2D eigenvalue weighted by atomic mass is 19.4. The third-order valence-electron chi connectivity index (χ3n) is 5.07. The van der Waals surface area contributed by atoms with Crippen molar-refractivity contribution in [2.75, 3.05) is 5.32 Å². The minimum absolute atomic E-state index is 0.0718.